The number of hydrogen-bond acceptors (Lipinski definition) is 4. The summed E-state index contributed by atoms with van der Waals surface area (Å²) in [6.45, 7) is 1.92. The first kappa shape index (κ1) is 23.1. The van der Waals surface area contributed by atoms with Crippen molar-refractivity contribution in [3.8, 4) is 11.1 Å². The van der Waals surface area contributed by atoms with Gasteiger partial charge in [0.25, 0.3) is 5.56 Å². The summed E-state index contributed by atoms with van der Waals surface area (Å²) < 4.78 is 26.0. The highest BCUT2D eigenvalue weighted by atomic mass is 79.9. The van der Waals surface area contributed by atoms with Gasteiger partial charge < -0.3 is 0 Å². The molecular weight excluding hydrogens is 502 g/mol. The molecule has 0 saturated heterocycles. The smallest absolute Gasteiger partial charge is 0.259 e. The lowest BCUT2D eigenvalue weighted by Crippen LogP contribution is -2.28. The predicted molar refractivity (Wildman–Crippen MR) is 135 cm³/mol. The molecule has 0 saturated carbocycles. The van der Waals surface area contributed by atoms with Crippen LogP contribution in [0.15, 0.2) is 87.0 Å². The van der Waals surface area contributed by atoms with Gasteiger partial charge in [0.15, 0.2) is 15.6 Å². The van der Waals surface area contributed by atoms with Crippen molar-refractivity contribution < 1.29 is 13.2 Å². The summed E-state index contributed by atoms with van der Waals surface area (Å²) in [7, 11) is -3.33. The molecule has 0 spiro atoms. The number of pyridine rings is 1. The van der Waals surface area contributed by atoms with Crippen LogP contribution in [0.1, 0.15) is 29.4 Å². The van der Waals surface area contributed by atoms with E-state index in [1.54, 1.807) is 25.1 Å². The van der Waals surface area contributed by atoms with E-state index in [0.29, 0.717) is 22.0 Å². The highest BCUT2D eigenvalue weighted by molar-refractivity contribution is 9.10. The first-order valence-electron chi connectivity index (χ1n) is 10.4. The molecule has 3 aromatic carbocycles. The number of Topliss-reactive ketones (excluding diaryl/α,β-unsaturated/α-hetero) is 1. The third-order valence-electron chi connectivity index (χ3n) is 5.57. The average Bonchev–Trinajstić information content (AvgIpc) is 2.80. The molecule has 33 heavy (non-hydrogen) atoms. The van der Waals surface area contributed by atoms with E-state index in [1.807, 2.05) is 42.5 Å². The molecule has 168 valence electrons. The van der Waals surface area contributed by atoms with Gasteiger partial charge in [0.2, 0.25) is 0 Å². The van der Waals surface area contributed by atoms with Crippen molar-refractivity contribution in [2.24, 2.45) is 0 Å². The second kappa shape index (κ2) is 9.08. The Hall–Kier alpha value is -3.03. The maximum atomic E-state index is 13.6. The molecule has 0 aliphatic heterocycles. The Kier molecular flexibility index (Phi) is 6.36. The van der Waals surface area contributed by atoms with Crippen molar-refractivity contribution in [1.82, 2.24) is 4.57 Å². The Balaban J connectivity index is 2.03. The molecule has 0 aliphatic rings. The number of hydrogen-bond donors (Lipinski definition) is 0. The molecule has 4 rings (SSSR count). The van der Waals surface area contributed by atoms with Gasteiger partial charge in [0, 0.05) is 28.1 Å². The lowest BCUT2D eigenvalue weighted by atomic mass is 9.94. The normalized spacial score (nSPS) is 11.6. The second-order valence-corrected chi connectivity index (χ2v) is 10.8. The van der Waals surface area contributed by atoms with Gasteiger partial charge in [-0.25, -0.2) is 8.42 Å². The standard InChI is InChI=1S/C26H22BrNO4S/c1-3-23(29)25-24(18-7-5-4-6-8-18)22-15-19(27)11-14-21(22)26(30)28(25)16-17-9-12-20(13-10-17)33(2,31)32/h4-15H,3,16H2,1-2H3. The van der Waals surface area contributed by atoms with Gasteiger partial charge in [-0.3, -0.25) is 14.2 Å². The number of nitrogens with zero attached hydrogens (tertiary/aromatic N) is 1. The molecule has 0 atom stereocenters. The number of carbonyl (C=O) groups excluding carboxylic acids is 1. The van der Waals surface area contributed by atoms with Gasteiger partial charge in [-0.05, 0) is 46.8 Å². The van der Waals surface area contributed by atoms with Crippen molar-refractivity contribution in [2.75, 3.05) is 6.26 Å². The fourth-order valence-corrected chi connectivity index (χ4v) is 4.94. The molecule has 1 heterocycles. The number of halogens is 1. The molecule has 0 amide bonds. The quantitative estimate of drug-likeness (QED) is 0.314. The van der Waals surface area contributed by atoms with Gasteiger partial charge in [-0.1, -0.05) is 65.3 Å². The molecule has 0 bridgehead atoms. The molecule has 0 N–H and O–H groups in total. The Labute approximate surface area is 200 Å². The fraction of sp³-hybridized carbons (Fsp3) is 0.154. The zero-order chi connectivity index (χ0) is 23.8. The van der Waals surface area contributed by atoms with Crippen molar-refractivity contribution in [2.45, 2.75) is 24.8 Å². The summed E-state index contributed by atoms with van der Waals surface area (Å²) in [4.78, 5) is 27.0. The minimum Gasteiger partial charge on any atom is -0.300 e. The van der Waals surface area contributed by atoms with E-state index in [2.05, 4.69) is 15.9 Å². The monoisotopic (exact) mass is 523 g/mol. The number of rotatable bonds is 6. The predicted octanol–water partition coefficient (Wildman–Crippen LogP) is 5.48. The van der Waals surface area contributed by atoms with E-state index in [9.17, 15) is 18.0 Å². The zero-order valence-corrected chi connectivity index (χ0v) is 20.6. The number of benzene rings is 3. The van der Waals surface area contributed by atoms with E-state index in [4.69, 9.17) is 0 Å². The van der Waals surface area contributed by atoms with Gasteiger partial charge in [-0.2, -0.15) is 0 Å². The average molecular weight is 524 g/mol. The van der Waals surface area contributed by atoms with Crippen LogP contribution in [0.4, 0.5) is 0 Å². The molecule has 5 nitrogen and oxygen atoms in total. The molecule has 0 radical (unpaired) electrons. The SMILES string of the molecule is CCC(=O)c1c(-c2ccccc2)c2cc(Br)ccc2c(=O)n1Cc1ccc(S(C)(=O)=O)cc1. The van der Waals surface area contributed by atoms with E-state index >= 15 is 0 Å². The summed E-state index contributed by atoms with van der Waals surface area (Å²) in [5.74, 6) is -0.138. The summed E-state index contributed by atoms with van der Waals surface area (Å²) in [5.41, 5.74) is 2.38. The van der Waals surface area contributed by atoms with Crippen LogP contribution in [0.3, 0.4) is 0 Å². The van der Waals surface area contributed by atoms with Crippen LogP contribution in [-0.2, 0) is 16.4 Å². The maximum absolute atomic E-state index is 13.6. The van der Waals surface area contributed by atoms with E-state index in [1.165, 1.54) is 16.7 Å². The summed E-state index contributed by atoms with van der Waals surface area (Å²) >= 11 is 3.49. The summed E-state index contributed by atoms with van der Waals surface area (Å²) in [6, 6.07) is 21.4. The largest absolute Gasteiger partial charge is 0.300 e. The molecule has 0 fully saturated rings. The maximum Gasteiger partial charge on any atom is 0.259 e. The Bertz CT molecular complexity index is 1520. The van der Waals surface area contributed by atoms with Crippen LogP contribution in [0, 0.1) is 0 Å². The number of carbonyl (C=O) groups is 1. The topological polar surface area (TPSA) is 73.2 Å². The number of aromatic nitrogens is 1. The number of fused-ring (bicyclic) bond motifs is 1. The molecule has 0 aliphatic carbocycles. The van der Waals surface area contributed by atoms with E-state index in [-0.39, 0.29) is 29.2 Å². The highest BCUT2D eigenvalue weighted by Gasteiger charge is 2.23. The second-order valence-electron chi connectivity index (χ2n) is 7.86. The minimum absolute atomic E-state index is 0.138. The first-order chi connectivity index (χ1) is 15.7. The van der Waals surface area contributed by atoms with Gasteiger partial charge >= 0.3 is 0 Å². The Morgan fingerprint density at radius 2 is 1.61 bits per heavy atom. The van der Waals surface area contributed by atoms with Crippen LogP contribution in [0.5, 0.6) is 0 Å². The molecular formula is C26H22BrNO4S. The third kappa shape index (κ3) is 4.56. The first-order valence-corrected chi connectivity index (χ1v) is 13.1. The van der Waals surface area contributed by atoms with Crippen LogP contribution in [0.2, 0.25) is 0 Å². The van der Waals surface area contributed by atoms with Crippen LogP contribution >= 0.6 is 15.9 Å². The van der Waals surface area contributed by atoms with Crippen LogP contribution in [0.25, 0.3) is 21.9 Å². The lowest BCUT2D eigenvalue weighted by Gasteiger charge is -2.19. The summed E-state index contributed by atoms with van der Waals surface area (Å²) in [6.07, 6.45) is 1.39. The molecule has 0 unspecified atom stereocenters. The van der Waals surface area contributed by atoms with Crippen molar-refractivity contribution >= 4 is 42.3 Å². The zero-order valence-electron chi connectivity index (χ0n) is 18.2. The Morgan fingerprint density at radius 3 is 2.21 bits per heavy atom. The van der Waals surface area contributed by atoms with Crippen molar-refractivity contribution in [3.05, 3.63) is 98.9 Å². The van der Waals surface area contributed by atoms with Crippen LogP contribution in [-0.4, -0.2) is 25.0 Å². The summed E-state index contributed by atoms with van der Waals surface area (Å²) in [5, 5.41) is 1.22. The fourth-order valence-electron chi connectivity index (χ4n) is 3.95. The number of ketones is 1. The van der Waals surface area contributed by atoms with Gasteiger partial charge in [-0.15, -0.1) is 0 Å². The van der Waals surface area contributed by atoms with E-state index in [0.717, 1.165) is 21.9 Å². The highest BCUT2D eigenvalue weighted by Crippen LogP contribution is 2.33. The lowest BCUT2D eigenvalue weighted by molar-refractivity contribution is 0.0979. The number of sulfone groups is 1. The Morgan fingerprint density at radius 1 is 0.939 bits per heavy atom. The van der Waals surface area contributed by atoms with E-state index < -0.39 is 9.84 Å². The van der Waals surface area contributed by atoms with Gasteiger partial charge in [0.05, 0.1) is 17.1 Å². The van der Waals surface area contributed by atoms with Crippen LogP contribution < -0.4 is 5.56 Å². The molecule has 4 aromatic rings. The molecule has 1 aromatic heterocycles. The van der Waals surface area contributed by atoms with Gasteiger partial charge in [0.1, 0.15) is 0 Å². The third-order valence-corrected chi connectivity index (χ3v) is 7.19. The van der Waals surface area contributed by atoms with Crippen molar-refractivity contribution in [3.63, 3.8) is 0 Å². The molecule has 7 heteroatoms. The van der Waals surface area contributed by atoms with Crippen molar-refractivity contribution in [1.29, 1.82) is 0 Å². The minimum atomic E-state index is -3.33.